The second kappa shape index (κ2) is 11.6. The van der Waals surface area contributed by atoms with Gasteiger partial charge in [-0.1, -0.05) is 24.3 Å². The maximum atomic E-state index is 13.0. The molecule has 9 N–H and O–H groups in total. The van der Waals surface area contributed by atoms with Crippen molar-refractivity contribution in [1.29, 1.82) is 0 Å². The summed E-state index contributed by atoms with van der Waals surface area (Å²) in [6.07, 6.45) is -1.55. The van der Waals surface area contributed by atoms with E-state index >= 15 is 0 Å². The number of anilines is 1. The number of aromatic hydroxyl groups is 1. The highest BCUT2D eigenvalue weighted by molar-refractivity contribution is 5.97. The largest absolute Gasteiger partial charge is 0.507 e. The number of phenolic OH excluding ortho intramolecular Hbond substituents is 1. The maximum absolute atomic E-state index is 13.0. The Labute approximate surface area is 237 Å². The molecule has 2 aromatic carbocycles. The number of ketones is 1. The van der Waals surface area contributed by atoms with Gasteiger partial charge in [0, 0.05) is 25.3 Å². The lowest BCUT2D eigenvalue weighted by Crippen LogP contribution is -2.76. The molecule has 13 heteroatoms. The average molecular weight is 575 g/mol. The van der Waals surface area contributed by atoms with Crippen molar-refractivity contribution in [3.05, 3.63) is 59.2 Å². The van der Waals surface area contributed by atoms with Crippen LogP contribution in [0.1, 0.15) is 40.1 Å². The van der Waals surface area contributed by atoms with Crippen LogP contribution < -0.4 is 16.4 Å². The Morgan fingerprint density at radius 2 is 1.78 bits per heavy atom. The van der Waals surface area contributed by atoms with Crippen molar-refractivity contribution in [3.8, 4) is 5.75 Å². The quantitative estimate of drug-likeness (QED) is 0.144. The van der Waals surface area contributed by atoms with Crippen LogP contribution in [0.15, 0.2) is 42.5 Å². The third kappa shape index (κ3) is 5.34. The van der Waals surface area contributed by atoms with Gasteiger partial charge < -0.3 is 51.5 Å². The Morgan fingerprint density at radius 3 is 2.34 bits per heavy atom. The van der Waals surface area contributed by atoms with E-state index in [0.717, 1.165) is 11.8 Å². The molecule has 3 rings (SSSR count). The summed E-state index contributed by atoms with van der Waals surface area (Å²) in [6, 6.07) is 6.74. The number of carbonyl (C=O) groups excluding carboxylic acids is 3. The zero-order valence-corrected chi connectivity index (χ0v) is 23.6. The Hall–Kier alpha value is -3.75. The molecule has 2 aromatic rings. The van der Waals surface area contributed by atoms with Crippen LogP contribution in [0.3, 0.4) is 0 Å². The highest BCUT2D eigenvalue weighted by Gasteiger charge is 2.76. The predicted octanol–water partition coefficient (Wildman–Crippen LogP) is -0.273. The van der Waals surface area contributed by atoms with E-state index in [1.165, 1.54) is 57.4 Å². The highest BCUT2D eigenvalue weighted by atomic mass is 16.5. The Morgan fingerprint density at radius 1 is 1.15 bits per heavy atom. The summed E-state index contributed by atoms with van der Waals surface area (Å²) in [5.74, 6) is -1.93. The van der Waals surface area contributed by atoms with Gasteiger partial charge in [-0.25, -0.2) is 9.59 Å². The van der Waals surface area contributed by atoms with Gasteiger partial charge in [0.2, 0.25) is 0 Å². The van der Waals surface area contributed by atoms with Crippen LogP contribution in [-0.2, 0) is 4.74 Å². The molecule has 224 valence electrons. The first kappa shape index (κ1) is 31.8. The molecule has 0 aromatic heterocycles. The summed E-state index contributed by atoms with van der Waals surface area (Å²) in [7, 11) is 2.87. The molecule has 1 saturated carbocycles. The highest BCUT2D eigenvalue weighted by Crippen LogP contribution is 2.49. The summed E-state index contributed by atoms with van der Waals surface area (Å²) in [4.78, 5) is 39.1. The van der Waals surface area contributed by atoms with Crippen LogP contribution in [0.5, 0.6) is 5.75 Å². The number of benzene rings is 2. The van der Waals surface area contributed by atoms with E-state index in [1.807, 2.05) is 0 Å². The SMILES string of the molecule is Cc1cccc(O)c1C(=O)OC[C@@]1(O)[C@@H](Nc2cccc(C(=O)CO)c2)[C@H](N)[C@@](NC(=O)N(C)C)([C@H](C)O)[C@@]1(C)O. The predicted molar refractivity (Wildman–Crippen MR) is 149 cm³/mol. The third-order valence-electron chi connectivity index (χ3n) is 7.96. The lowest BCUT2D eigenvalue weighted by molar-refractivity contribution is -0.186. The lowest BCUT2D eigenvalue weighted by Gasteiger charge is -2.48. The molecule has 1 aliphatic rings. The van der Waals surface area contributed by atoms with Crippen LogP contribution in [0.25, 0.3) is 0 Å². The number of phenols is 1. The lowest BCUT2D eigenvalue weighted by atomic mass is 9.73. The van der Waals surface area contributed by atoms with Crippen LogP contribution in [-0.4, -0.2) is 110 Å². The zero-order valence-electron chi connectivity index (χ0n) is 23.6. The Bertz CT molecular complexity index is 1290. The number of aryl methyl sites for hydroxylation is 1. The number of hydrogen-bond acceptors (Lipinski definition) is 11. The maximum Gasteiger partial charge on any atom is 0.342 e. The number of aliphatic hydroxyl groups is 4. The minimum Gasteiger partial charge on any atom is -0.507 e. The molecular weight excluding hydrogens is 536 g/mol. The number of nitrogens with zero attached hydrogens (tertiary/aromatic N) is 1. The number of nitrogens with one attached hydrogen (secondary N) is 2. The van der Waals surface area contributed by atoms with Gasteiger partial charge in [-0.3, -0.25) is 4.79 Å². The van der Waals surface area contributed by atoms with Gasteiger partial charge in [0.25, 0.3) is 0 Å². The molecule has 2 amide bonds. The minimum absolute atomic E-state index is 0.142. The number of urea groups is 1. The normalized spacial score (nSPS) is 28.0. The molecule has 6 atom stereocenters. The molecule has 0 aliphatic heterocycles. The first-order valence-corrected chi connectivity index (χ1v) is 12.9. The van der Waals surface area contributed by atoms with Crippen LogP contribution in [0.4, 0.5) is 10.5 Å². The number of amides is 2. The van der Waals surface area contributed by atoms with Crippen molar-refractivity contribution in [2.75, 3.05) is 32.6 Å². The minimum atomic E-state index is -2.48. The molecule has 0 heterocycles. The van der Waals surface area contributed by atoms with Crippen LogP contribution >= 0.6 is 0 Å². The first-order valence-electron chi connectivity index (χ1n) is 12.9. The third-order valence-corrected chi connectivity index (χ3v) is 7.96. The number of aliphatic hydroxyl groups excluding tert-OH is 2. The van der Waals surface area contributed by atoms with E-state index in [9.17, 15) is 39.9 Å². The Balaban J connectivity index is 2.13. The summed E-state index contributed by atoms with van der Waals surface area (Å²) in [6.45, 7) is 2.38. The van der Waals surface area contributed by atoms with E-state index in [0.29, 0.717) is 5.56 Å². The monoisotopic (exact) mass is 574 g/mol. The molecule has 0 saturated heterocycles. The molecule has 0 bridgehead atoms. The molecule has 13 nitrogen and oxygen atoms in total. The number of carbonyl (C=O) groups is 3. The van der Waals surface area contributed by atoms with Gasteiger partial charge in [0.1, 0.15) is 35.7 Å². The molecule has 0 unspecified atom stereocenters. The van der Waals surface area contributed by atoms with Gasteiger partial charge >= 0.3 is 12.0 Å². The molecular formula is C28H38N4O9. The van der Waals surface area contributed by atoms with E-state index in [-0.39, 0.29) is 22.6 Å². The fourth-order valence-corrected chi connectivity index (χ4v) is 5.49. The standard InChI is InChI=1S/C28H38N4O9/c1-15-8-6-11-19(35)21(15)24(37)41-14-27(40)23(30-18-10-7-9-17(12-18)20(36)13-33)22(29)28(16(2)34,26(27,3)39)31-25(38)32(4)5/h6-12,16,22-23,30,33-35,39-40H,13-14,29H2,1-5H3,(H,31,38)/t16-,22-,23-,26-,27+,28-/m0/s1. The van der Waals surface area contributed by atoms with Crippen molar-refractivity contribution in [1.82, 2.24) is 10.2 Å². The fourth-order valence-electron chi connectivity index (χ4n) is 5.49. The number of esters is 1. The summed E-state index contributed by atoms with van der Waals surface area (Å²) in [5.41, 5.74) is 0.224. The van der Waals surface area contributed by atoms with Crippen molar-refractivity contribution < 1.29 is 44.7 Å². The van der Waals surface area contributed by atoms with E-state index in [1.54, 1.807) is 13.0 Å². The van der Waals surface area contributed by atoms with Gasteiger partial charge in [0.05, 0.1) is 18.2 Å². The number of Topliss-reactive ketones (excluding diaryl/α,β-unsaturated/α-hetero) is 1. The fraction of sp³-hybridized carbons (Fsp3) is 0.464. The summed E-state index contributed by atoms with van der Waals surface area (Å²) in [5, 5.41) is 60.3. The number of rotatable bonds is 9. The van der Waals surface area contributed by atoms with Gasteiger partial charge in [-0.2, -0.15) is 0 Å². The van der Waals surface area contributed by atoms with Crippen molar-refractivity contribution in [3.63, 3.8) is 0 Å². The molecule has 0 radical (unpaired) electrons. The van der Waals surface area contributed by atoms with Crippen molar-refractivity contribution in [2.45, 2.75) is 55.7 Å². The van der Waals surface area contributed by atoms with E-state index in [4.69, 9.17) is 10.5 Å². The van der Waals surface area contributed by atoms with Gasteiger partial charge in [0.15, 0.2) is 11.4 Å². The summed E-state index contributed by atoms with van der Waals surface area (Å²) < 4.78 is 5.44. The van der Waals surface area contributed by atoms with Crippen molar-refractivity contribution in [2.24, 2.45) is 5.73 Å². The smallest absolute Gasteiger partial charge is 0.342 e. The number of hydrogen-bond donors (Lipinski definition) is 8. The second-order valence-electron chi connectivity index (χ2n) is 10.7. The van der Waals surface area contributed by atoms with Gasteiger partial charge in [-0.05, 0) is 44.5 Å². The molecule has 1 fully saturated rings. The van der Waals surface area contributed by atoms with Crippen molar-refractivity contribution >= 4 is 23.5 Å². The second-order valence-corrected chi connectivity index (χ2v) is 10.7. The molecule has 41 heavy (non-hydrogen) atoms. The number of ether oxygens (including phenoxy) is 1. The van der Waals surface area contributed by atoms with Gasteiger partial charge in [-0.15, -0.1) is 0 Å². The first-order chi connectivity index (χ1) is 19.0. The zero-order chi connectivity index (χ0) is 30.9. The van der Waals surface area contributed by atoms with E-state index < -0.39 is 65.9 Å². The van der Waals surface area contributed by atoms with Crippen LogP contribution in [0.2, 0.25) is 0 Å². The average Bonchev–Trinajstić information content (AvgIpc) is 3.03. The number of nitrogens with two attached hydrogens (primary N) is 1. The molecule has 1 aliphatic carbocycles. The Kier molecular flexibility index (Phi) is 9.01. The summed E-state index contributed by atoms with van der Waals surface area (Å²) >= 11 is 0. The van der Waals surface area contributed by atoms with Crippen LogP contribution in [0, 0.1) is 6.92 Å². The topological polar surface area (TPSA) is 215 Å². The van der Waals surface area contributed by atoms with E-state index in [2.05, 4.69) is 10.6 Å². The molecule has 0 spiro atoms.